The number of sulfone groups is 1. The molecule has 0 aliphatic heterocycles. The Morgan fingerprint density at radius 1 is 1.06 bits per heavy atom. The number of hydrogen-bond acceptors (Lipinski definition) is 7. The Labute approximate surface area is 181 Å². The van der Waals surface area contributed by atoms with Gasteiger partial charge < -0.3 is 0 Å². The van der Waals surface area contributed by atoms with Crippen LogP contribution in [0.2, 0.25) is 0 Å². The van der Waals surface area contributed by atoms with Crippen molar-refractivity contribution < 1.29 is 13.2 Å². The Kier molecular flexibility index (Phi) is 6.18. The van der Waals surface area contributed by atoms with Crippen LogP contribution in [-0.4, -0.2) is 39.4 Å². The summed E-state index contributed by atoms with van der Waals surface area (Å²) in [6, 6.07) is 9.40. The molecule has 1 saturated carbocycles. The smallest absolute Gasteiger partial charge is 0.160 e. The summed E-state index contributed by atoms with van der Waals surface area (Å²) in [5, 5.41) is -0.256. The Hall–Kier alpha value is -3.00. The standard InChI is InChI=1S/C23H24N4O3S/c1-2-19(20-9-10-26-23(27-20)15-31(29,30)18-7-8-18)22(28)13-16-3-5-17(6-4-16)21-14-24-11-12-25-21/h3-6,9-12,14,18-19H,2,7-8,13,15H2,1H3. The molecular formula is C23H24N4O3S. The molecule has 0 amide bonds. The molecule has 1 atom stereocenters. The van der Waals surface area contributed by atoms with Crippen molar-refractivity contribution in [1.29, 1.82) is 0 Å². The summed E-state index contributed by atoms with van der Waals surface area (Å²) < 4.78 is 24.5. The van der Waals surface area contributed by atoms with E-state index in [-0.39, 0.29) is 29.0 Å². The molecule has 0 N–H and O–H groups in total. The minimum Gasteiger partial charge on any atom is -0.299 e. The number of rotatable bonds is 9. The predicted octanol–water partition coefficient (Wildman–Crippen LogP) is 3.32. The van der Waals surface area contributed by atoms with E-state index in [1.807, 2.05) is 31.2 Å². The van der Waals surface area contributed by atoms with Crippen molar-refractivity contribution in [3.8, 4) is 11.3 Å². The molecule has 0 radical (unpaired) electrons. The lowest BCUT2D eigenvalue weighted by molar-refractivity contribution is -0.120. The summed E-state index contributed by atoms with van der Waals surface area (Å²) in [5.74, 6) is -0.251. The molecule has 1 fully saturated rings. The number of aromatic nitrogens is 4. The number of ketones is 1. The maximum Gasteiger partial charge on any atom is 0.160 e. The molecule has 1 unspecified atom stereocenters. The van der Waals surface area contributed by atoms with E-state index in [2.05, 4.69) is 19.9 Å². The highest BCUT2D eigenvalue weighted by Gasteiger charge is 2.36. The van der Waals surface area contributed by atoms with Gasteiger partial charge in [0.15, 0.2) is 9.84 Å². The quantitative estimate of drug-likeness (QED) is 0.507. The Bertz CT molecular complexity index is 1160. The van der Waals surface area contributed by atoms with Gasteiger partial charge in [-0.15, -0.1) is 0 Å². The van der Waals surface area contributed by atoms with Gasteiger partial charge in [-0.25, -0.2) is 18.4 Å². The van der Waals surface area contributed by atoms with Crippen LogP contribution in [0.3, 0.4) is 0 Å². The lowest BCUT2D eigenvalue weighted by Crippen LogP contribution is -2.18. The number of Topliss-reactive ketones (excluding diaryl/α,β-unsaturated/α-hetero) is 1. The van der Waals surface area contributed by atoms with Gasteiger partial charge >= 0.3 is 0 Å². The second-order valence-electron chi connectivity index (χ2n) is 7.80. The fourth-order valence-electron chi connectivity index (χ4n) is 3.57. The van der Waals surface area contributed by atoms with Gasteiger partial charge in [0.1, 0.15) is 17.4 Å². The van der Waals surface area contributed by atoms with E-state index in [4.69, 9.17) is 0 Å². The molecule has 1 aliphatic rings. The SMILES string of the molecule is CCC(C(=O)Cc1ccc(-c2cnccn2)cc1)c1ccnc(CS(=O)(=O)C2CC2)n1. The van der Waals surface area contributed by atoms with Gasteiger partial charge in [0.05, 0.1) is 28.8 Å². The summed E-state index contributed by atoms with van der Waals surface area (Å²) in [6.07, 6.45) is 8.81. The zero-order valence-corrected chi connectivity index (χ0v) is 18.1. The molecule has 3 aromatic rings. The highest BCUT2D eigenvalue weighted by atomic mass is 32.2. The van der Waals surface area contributed by atoms with Gasteiger partial charge in [-0.1, -0.05) is 31.2 Å². The van der Waals surface area contributed by atoms with E-state index in [0.29, 0.717) is 25.0 Å². The van der Waals surface area contributed by atoms with Crippen molar-refractivity contribution in [3.05, 3.63) is 72.2 Å². The second kappa shape index (κ2) is 9.01. The van der Waals surface area contributed by atoms with Gasteiger partial charge in [-0.05, 0) is 30.9 Å². The number of benzene rings is 1. The normalized spacial score (nSPS) is 14.9. The first-order valence-electron chi connectivity index (χ1n) is 10.4. The van der Waals surface area contributed by atoms with Crippen molar-refractivity contribution in [2.45, 2.75) is 49.5 Å². The molecule has 31 heavy (non-hydrogen) atoms. The molecule has 2 heterocycles. The van der Waals surface area contributed by atoms with Crippen LogP contribution in [0, 0.1) is 0 Å². The zero-order chi connectivity index (χ0) is 21.8. The van der Waals surface area contributed by atoms with Crippen LogP contribution in [-0.2, 0) is 26.8 Å². The third-order valence-corrected chi connectivity index (χ3v) is 7.58. The Morgan fingerprint density at radius 2 is 1.84 bits per heavy atom. The van der Waals surface area contributed by atoms with E-state index < -0.39 is 15.8 Å². The molecule has 4 rings (SSSR count). The zero-order valence-electron chi connectivity index (χ0n) is 17.3. The van der Waals surface area contributed by atoms with Gasteiger partial charge in [-0.3, -0.25) is 14.8 Å². The molecule has 7 nitrogen and oxygen atoms in total. The molecule has 2 aromatic heterocycles. The van der Waals surface area contributed by atoms with Crippen molar-refractivity contribution >= 4 is 15.6 Å². The molecular weight excluding hydrogens is 412 g/mol. The van der Waals surface area contributed by atoms with E-state index in [1.165, 1.54) is 0 Å². The fraction of sp³-hybridized carbons (Fsp3) is 0.348. The molecule has 160 valence electrons. The number of carbonyl (C=O) groups is 1. The first kappa shape index (κ1) is 21.2. The van der Waals surface area contributed by atoms with Crippen LogP contribution in [0.5, 0.6) is 0 Å². The minimum atomic E-state index is -3.20. The van der Waals surface area contributed by atoms with Gasteiger partial charge in [0.25, 0.3) is 0 Å². The molecule has 8 heteroatoms. The maximum atomic E-state index is 13.0. The monoisotopic (exact) mass is 436 g/mol. The second-order valence-corrected chi connectivity index (χ2v) is 10.1. The third-order valence-electron chi connectivity index (χ3n) is 5.43. The highest BCUT2D eigenvalue weighted by Crippen LogP contribution is 2.30. The van der Waals surface area contributed by atoms with Crippen molar-refractivity contribution in [3.63, 3.8) is 0 Å². The molecule has 0 bridgehead atoms. The maximum absolute atomic E-state index is 13.0. The van der Waals surface area contributed by atoms with Gasteiger partial charge in [0.2, 0.25) is 0 Å². The van der Waals surface area contributed by atoms with Crippen LogP contribution in [0.4, 0.5) is 0 Å². The lowest BCUT2D eigenvalue weighted by Gasteiger charge is -2.14. The molecule has 0 spiro atoms. The molecule has 1 aliphatic carbocycles. The van der Waals surface area contributed by atoms with Crippen LogP contribution in [0.1, 0.15) is 49.2 Å². The average Bonchev–Trinajstić information content (AvgIpc) is 3.62. The lowest BCUT2D eigenvalue weighted by atomic mass is 9.92. The van der Waals surface area contributed by atoms with Crippen LogP contribution < -0.4 is 0 Å². The first-order valence-corrected chi connectivity index (χ1v) is 12.1. The van der Waals surface area contributed by atoms with E-state index >= 15 is 0 Å². The fourth-order valence-corrected chi connectivity index (χ4v) is 5.16. The van der Waals surface area contributed by atoms with E-state index in [0.717, 1.165) is 16.8 Å². The molecule has 0 saturated heterocycles. The minimum absolute atomic E-state index is 0.0458. The first-order chi connectivity index (χ1) is 15.0. The van der Waals surface area contributed by atoms with Crippen molar-refractivity contribution in [2.75, 3.05) is 0 Å². The number of hydrogen-bond donors (Lipinski definition) is 0. The van der Waals surface area contributed by atoms with E-state index in [9.17, 15) is 13.2 Å². The van der Waals surface area contributed by atoms with Crippen molar-refractivity contribution in [2.24, 2.45) is 0 Å². The van der Waals surface area contributed by atoms with Gasteiger partial charge in [-0.2, -0.15) is 0 Å². The Balaban J connectivity index is 1.46. The van der Waals surface area contributed by atoms with Gasteiger partial charge in [0, 0.05) is 30.6 Å². The van der Waals surface area contributed by atoms with E-state index in [1.54, 1.807) is 30.9 Å². The highest BCUT2D eigenvalue weighted by molar-refractivity contribution is 7.91. The van der Waals surface area contributed by atoms with Crippen LogP contribution >= 0.6 is 0 Å². The summed E-state index contributed by atoms with van der Waals surface area (Å²) in [6.45, 7) is 1.93. The predicted molar refractivity (Wildman–Crippen MR) is 117 cm³/mol. The average molecular weight is 437 g/mol. The van der Waals surface area contributed by atoms with Crippen LogP contribution in [0.15, 0.2) is 55.1 Å². The summed E-state index contributed by atoms with van der Waals surface area (Å²) in [4.78, 5) is 29.9. The third kappa shape index (κ3) is 5.19. The summed E-state index contributed by atoms with van der Waals surface area (Å²) in [5.41, 5.74) is 3.21. The summed E-state index contributed by atoms with van der Waals surface area (Å²) >= 11 is 0. The number of carbonyl (C=O) groups excluding carboxylic acids is 1. The molecule has 1 aromatic carbocycles. The summed E-state index contributed by atoms with van der Waals surface area (Å²) in [7, 11) is -3.20. The number of nitrogens with zero attached hydrogens (tertiary/aromatic N) is 4. The van der Waals surface area contributed by atoms with Crippen LogP contribution in [0.25, 0.3) is 11.3 Å². The Morgan fingerprint density at radius 3 is 2.48 bits per heavy atom. The topological polar surface area (TPSA) is 103 Å². The largest absolute Gasteiger partial charge is 0.299 e. The van der Waals surface area contributed by atoms with Crippen molar-refractivity contribution in [1.82, 2.24) is 19.9 Å².